The number of benzene rings is 3. The van der Waals surface area contributed by atoms with Crippen LogP contribution in [0.2, 0.25) is 25.7 Å². The van der Waals surface area contributed by atoms with E-state index in [1.165, 1.54) is 0 Å². The average molecular weight is 633 g/mol. The minimum Gasteiger partial charge on any atom is -0.497 e. The predicted molar refractivity (Wildman–Crippen MR) is 180 cm³/mol. The van der Waals surface area contributed by atoms with E-state index in [0.29, 0.717) is 36.8 Å². The molecule has 1 fully saturated rings. The fraction of sp³-hybridized carbons (Fsp3) is 0.444. The molecule has 8 nitrogen and oxygen atoms in total. The molecule has 1 aliphatic heterocycles. The minimum absolute atomic E-state index is 0.171. The predicted octanol–water partition coefficient (Wildman–Crippen LogP) is 7.31. The van der Waals surface area contributed by atoms with E-state index < -0.39 is 14.1 Å². The smallest absolute Gasteiger partial charge is 0.409 e. The van der Waals surface area contributed by atoms with E-state index in [2.05, 4.69) is 44.9 Å². The van der Waals surface area contributed by atoms with Gasteiger partial charge in [-0.15, -0.1) is 0 Å². The molecule has 242 valence electrons. The van der Waals surface area contributed by atoms with Crippen LogP contribution in [-0.4, -0.2) is 66.0 Å². The number of nitrogens with zero attached hydrogens (tertiary/aromatic N) is 1. The summed E-state index contributed by atoms with van der Waals surface area (Å²) in [6.07, 6.45) is 0.550. The highest BCUT2D eigenvalue weighted by atomic mass is 28.3. The second-order valence-corrected chi connectivity index (χ2v) is 18.9. The van der Waals surface area contributed by atoms with Gasteiger partial charge in [-0.25, -0.2) is 4.79 Å². The Labute approximate surface area is 269 Å². The summed E-state index contributed by atoms with van der Waals surface area (Å²) in [4.78, 5) is 28.6. The molecular weight excluding hydrogens is 584 g/mol. The summed E-state index contributed by atoms with van der Waals surface area (Å²) in [6, 6.07) is 21.5. The van der Waals surface area contributed by atoms with Crippen LogP contribution in [0.15, 0.2) is 66.7 Å². The molecule has 3 atom stereocenters. The molecular formula is C36H48N2O6Si. The van der Waals surface area contributed by atoms with Crippen LogP contribution in [0.5, 0.6) is 17.2 Å². The van der Waals surface area contributed by atoms with Crippen molar-refractivity contribution in [1.82, 2.24) is 10.2 Å². The molecule has 45 heavy (non-hydrogen) atoms. The molecule has 3 aromatic rings. The Bertz CT molecular complexity index is 1470. The largest absolute Gasteiger partial charge is 0.497 e. The van der Waals surface area contributed by atoms with E-state index in [1.54, 1.807) is 21.3 Å². The summed E-state index contributed by atoms with van der Waals surface area (Å²) in [5, 5.41) is 3.25. The number of hydrogen-bond acceptors (Lipinski definition) is 6. The SMILES string of the molecule is COc1ccc(C(NC(=O)c2cccc([C@]3(C)CCN(C(=O)OCC[Si](C)(C)C)C[C@@H]3C)c2)c2ccc(OC)cc2OC)cc1. The molecule has 0 aromatic heterocycles. The van der Waals surface area contributed by atoms with Gasteiger partial charge in [0.25, 0.3) is 5.91 Å². The second-order valence-electron chi connectivity index (χ2n) is 13.3. The lowest BCUT2D eigenvalue weighted by molar-refractivity contribution is 0.0688. The zero-order valence-corrected chi connectivity index (χ0v) is 28.9. The minimum atomic E-state index is -1.28. The Hall–Kier alpha value is -3.98. The van der Waals surface area contributed by atoms with Gasteiger partial charge in [0.15, 0.2) is 0 Å². The van der Waals surface area contributed by atoms with Crippen molar-refractivity contribution >= 4 is 20.1 Å². The molecule has 0 aliphatic carbocycles. The van der Waals surface area contributed by atoms with Crippen molar-refractivity contribution in [2.75, 3.05) is 41.0 Å². The third-order valence-corrected chi connectivity index (χ3v) is 10.8. The van der Waals surface area contributed by atoms with Gasteiger partial charge in [-0.05, 0) is 71.3 Å². The fourth-order valence-corrected chi connectivity index (χ4v) is 6.51. The van der Waals surface area contributed by atoms with E-state index in [-0.39, 0.29) is 23.3 Å². The monoisotopic (exact) mass is 632 g/mol. The van der Waals surface area contributed by atoms with Gasteiger partial charge in [0.05, 0.1) is 34.0 Å². The number of hydrogen-bond donors (Lipinski definition) is 1. The number of nitrogens with one attached hydrogen (secondary N) is 1. The summed E-state index contributed by atoms with van der Waals surface area (Å²) in [5.41, 5.74) is 3.13. The van der Waals surface area contributed by atoms with E-state index >= 15 is 0 Å². The summed E-state index contributed by atoms with van der Waals surface area (Å²) >= 11 is 0. The molecule has 0 saturated carbocycles. The van der Waals surface area contributed by atoms with Gasteiger partial charge in [-0.3, -0.25) is 4.79 Å². The number of methoxy groups -OCH3 is 3. The van der Waals surface area contributed by atoms with E-state index in [4.69, 9.17) is 18.9 Å². The van der Waals surface area contributed by atoms with E-state index in [0.717, 1.165) is 34.9 Å². The van der Waals surface area contributed by atoms with Gasteiger partial charge in [-0.1, -0.05) is 57.8 Å². The quantitative estimate of drug-likeness (QED) is 0.223. The molecule has 1 unspecified atom stereocenters. The maximum Gasteiger partial charge on any atom is 0.409 e. The molecule has 1 N–H and O–H groups in total. The van der Waals surface area contributed by atoms with Gasteiger partial charge in [0.1, 0.15) is 17.2 Å². The number of piperidine rings is 1. The second kappa shape index (κ2) is 14.4. The van der Waals surface area contributed by atoms with Crippen molar-refractivity contribution in [1.29, 1.82) is 0 Å². The summed E-state index contributed by atoms with van der Waals surface area (Å²) in [7, 11) is 3.56. The molecule has 3 aromatic carbocycles. The Balaban J connectivity index is 1.55. The summed E-state index contributed by atoms with van der Waals surface area (Å²) in [5.74, 6) is 1.97. The Kier molecular flexibility index (Phi) is 10.9. The summed E-state index contributed by atoms with van der Waals surface area (Å²) < 4.78 is 22.1. The number of carbonyl (C=O) groups is 2. The molecule has 1 saturated heterocycles. The highest BCUT2D eigenvalue weighted by molar-refractivity contribution is 6.76. The summed E-state index contributed by atoms with van der Waals surface area (Å²) in [6.45, 7) is 12.9. The average Bonchev–Trinajstić information content (AvgIpc) is 3.04. The number of amides is 2. The first-order valence-electron chi connectivity index (χ1n) is 15.6. The molecule has 1 aliphatic rings. The van der Waals surface area contributed by atoms with Crippen LogP contribution in [0, 0.1) is 5.92 Å². The molecule has 0 bridgehead atoms. The third kappa shape index (κ3) is 8.19. The van der Waals surface area contributed by atoms with Crippen LogP contribution in [0.25, 0.3) is 0 Å². The van der Waals surface area contributed by atoms with Crippen molar-refractivity contribution in [3.05, 3.63) is 89.0 Å². The number of carbonyl (C=O) groups excluding carboxylic acids is 2. The molecule has 4 rings (SSSR count). The van der Waals surface area contributed by atoms with Crippen LogP contribution in [0.3, 0.4) is 0 Å². The van der Waals surface area contributed by atoms with Gasteiger partial charge in [0.2, 0.25) is 0 Å². The topological polar surface area (TPSA) is 86.3 Å². The highest BCUT2D eigenvalue weighted by Crippen LogP contribution is 2.40. The van der Waals surface area contributed by atoms with Crippen molar-refractivity contribution in [3.63, 3.8) is 0 Å². The van der Waals surface area contributed by atoms with Crippen molar-refractivity contribution in [2.45, 2.75) is 57.4 Å². The van der Waals surface area contributed by atoms with Crippen molar-refractivity contribution in [2.24, 2.45) is 5.92 Å². The molecule has 1 heterocycles. The highest BCUT2D eigenvalue weighted by Gasteiger charge is 2.40. The first-order valence-corrected chi connectivity index (χ1v) is 19.3. The normalized spacial score (nSPS) is 18.9. The van der Waals surface area contributed by atoms with Crippen LogP contribution >= 0.6 is 0 Å². The fourth-order valence-electron chi connectivity index (χ4n) is 5.79. The van der Waals surface area contributed by atoms with Crippen molar-refractivity contribution in [3.8, 4) is 17.2 Å². The van der Waals surface area contributed by atoms with Gasteiger partial charge in [-0.2, -0.15) is 0 Å². The van der Waals surface area contributed by atoms with Crippen LogP contribution in [0.1, 0.15) is 53.4 Å². The lowest BCUT2D eigenvalue weighted by Gasteiger charge is -2.44. The van der Waals surface area contributed by atoms with Gasteiger partial charge < -0.3 is 29.2 Å². The molecule has 2 amide bonds. The van der Waals surface area contributed by atoms with E-state index in [1.807, 2.05) is 65.6 Å². The standard InChI is InChI=1S/C36H48N2O6Si/c1-25-24-38(35(40)44-20-21-45(6,7)8)19-18-36(25,2)28-11-9-10-27(22-28)34(39)37-33(26-12-14-29(41-3)15-13-26)31-17-16-30(42-4)23-32(31)43-5/h9-17,22-23,25,33H,18-21,24H2,1-8H3,(H,37,39)/t25-,33?,36+/m0/s1. The number of likely N-dealkylation sites (tertiary alicyclic amines) is 1. The lowest BCUT2D eigenvalue weighted by atomic mass is 9.68. The van der Waals surface area contributed by atoms with Crippen LogP contribution in [-0.2, 0) is 10.2 Å². The van der Waals surface area contributed by atoms with E-state index in [9.17, 15) is 9.59 Å². The molecule has 0 radical (unpaired) electrons. The Morgan fingerprint density at radius 2 is 1.64 bits per heavy atom. The zero-order valence-electron chi connectivity index (χ0n) is 27.9. The maximum absolute atomic E-state index is 13.9. The maximum atomic E-state index is 13.9. The zero-order chi connectivity index (χ0) is 32.8. The molecule has 9 heteroatoms. The molecule has 0 spiro atoms. The third-order valence-electron chi connectivity index (χ3n) is 9.08. The Morgan fingerprint density at radius 1 is 0.956 bits per heavy atom. The first-order chi connectivity index (χ1) is 21.4. The van der Waals surface area contributed by atoms with Crippen LogP contribution < -0.4 is 19.5 Å². The number of ether oxygens (including phenoxy) is 4. The first kappa shape index (κ1) is 33.9. The lowest BCUT2D eigenvalue weighted by Crippen LogP contribution is -2.49. The number of rotatable bonds is 11. The van der Waals surface area contributed by atoms with Crippen molar-refractivity contribution < 1.29 is 28.5 Å². The van der Waals surface area contributed by atoms with Gasteiger partial charge >= 0.3 is 6.09 Å². The van der Waals surface area contributed by atoms with Crippen LogP contribution in [0.4, 0.5) is 4.79 Å². The van der Waals surface area contributed by atoms with Gasteiger partial charge in [0, 0.05) is 38.4 Å². The Morgan fingerprint density at radius 3 is 2.27 bits per heavy atom.